The predicted octanol–water partition coefficient (Wildman–Crippen LogP) is 4.22. The third-order valence-electron chi connectivity index (χ3n) is 3.10. The van der Waals surface area contributed by atoms with Crippen LogP contribution in [0.2, 0.25) is 0 Å². The summed E-state index contributed by atoms with van der Waals surface area (Å²) >= 11 is 0. The molecule has 0 amide bonds. The molecule has 0 aromatic rings. The summed E-state index contributed by atoms with van der Waals surface area (Å²) in [6.45, 7) is 17.5. The monoisotopic (exact) mass is 519 g/mol. The standard InChI is InChI=1S/C10H15.C3H5.CHF3O3S.Ir/c1-6-7(2)9(4)10(5)8(6)3;1-3-2;2-1(3,4)8(5,6)7;/h1-5H3;3H,1-2H2;(H,5,6,7);. The Hall–Kier alpha value is 0.349. The molecule has 0 heterocycles. The largest absolute Gasteiger partial charge is 0.522 e. The Morgan fingerprint density at radius 1 is 0.864 bits per heavy atom. The molecule has 0 aromatic carbocycles. The van der Waals surface area contributed by atoms with E-state index in [1.165, 1.54) is 36.0 Å². The van der Waals surface area contributed by atoms with Gasteiger partial charge in [-0.1, -0.05) is 34.6 Å². The molecule has 131 valence electrons. The van der Waals surface area contributed by atoms with E-state index in [1.54, 1.807) is 0 Å². The molecule has 0 aliphatic heterocycles. The van der Waals surface area contributed by atoms with Gasteiger partial charge in [-0.3, -0.25) is 4.55 Å². The van der Waals surface area contributed by atoms with Crippen LogP contribution in [0.4, 0.5) is 13.2 Å². The summed E-state index contributed by atoms with van der Waals surface area (Å²) in [5.74, 6) is 7.34. The van der Waals surface area contributed by atoms with Crippen LogP contribution in [0.3, 0.4) is 0 Å². The van der Waals surface area contributed by atoms with E-state index in [0.717, 1.165) is 0 Å². The van der Waals surface area contributed by atoms with Gasteiger partial charge in [0.2, 0.25) is 0 Å². The fourth-order valence-corrected chi connectivity index (χ4v) is 1.41. The molecule has 1 rings (SSSR count). The van der Waals surface area contributed by atoms with E-state index in [4.69, 9.17) is 13.0 Å². The first-order chi connectivity index (χ1) is 9.22. The zero-order valence-corrected chi connectivity index (χ0v) is 16.3. The maximum atomic E-state index is 10.7. The van der Waals surface area contributed by atoms with Gasteiger partial charge in [-0.25, -0.2) is 0 Å². The molecule has 8 heteroatoms. The average Bonchev–Trinajstić information content (AvgIpc) is 2.47. The van der Waals surface area contributed by atoms with Gasteiger partial charge >= 0.3 is 15.6 Å². The van der Waals surface area contributed by atoms with Crippen LogP contribution in [0.1, 0.15) is 34.6 Å². The van der Waals surface area contributed by atoms with Crippen LogP contribution in [0.25, 0.3) is 0 Å². The molecular weight excluding hydrogens is 497 g/mol. The summed E-state index contributed by atoms with van der Waals surface area (Å²) < 4.78 is 57.5. The Labute approximate surface area is 146 Å². The summed E-state index contributed by atoms with van der Waals surface area (Å²) in [5.41, 5.74) is -5.53. The zero-order chi connectivity index (χ0) is 17.6. The van der Waals surface area contributed by atoms with E-state index in [1.807, 2.05) is 0 Å². The molecule has 0 unspecified atom stereocenters. The second-order valence-corrected chi connectivity index (χ2v) is 5.75. The number of halogens is 3. The molecule has 1 fully saturated rings. The molecule has 1 aliphatic rings. The molecule has 0 atom stereocenters. The molecule has 9 radical (unpaired) electrons. The van der Waals surface area contributed by atoms with E-state index >= 15 is 0 Å². The zero-order valence-electron chi connectivity index (χ0n) is 13.1. The minimum absolute atomic E-state index is 0. The molecule has 1 saturated carbocycles. The summed E-state index contributed by atoms with van der Waals surface area (Å²) in [5, 5.41) is 0. The Morgan fingerprint density at radius 2 is 0.955 bits per heavy atom. The van der Waals surface area contributed by atoms with E-state index < -0.39 is 15.6 Å². The summed E-state index contributed by atoms with van der Waals surface area (Å²) in [4.78, 5) is 0. The molecular formula is C14H21F3IrO3S. The van der Waals surface area contributed by atoms with Gasteiger partial charge in [0.15, 0.2) is 0 Å². The van der Waals surface area contributed by atoms with Crippen molar-refractivity contribution in [3.8, 4) is 0 Å². The normalized spacial score (nSPS) is 18.9. The van der Waals surface area contributed by atoms with E-state index in [0.29, 0.717) is 0 Å². The van der Waals surface area contributed by atoms with Gasteiger partial charge in [0.25, 0.3) is 0 Å². The van der Waals surface area contributed by atoms with Gasteiger partial charge in [0.05, 0.1) is 0 Å². The molecule has 1 aliphatic carbocycles. The average molecular weight is 519 g/mol. The fourth-order valence-electron chi connectivity index (χ4n) is 1.41. The summed E-state index contributed by atoms with van der Waals surface area (Å²) in [6, 6.07) is 0. The van der Waals surface area contributed by atoms with Crippen LogP contribution < -0.4 is 0 Å². The second-order valence-electron chi connectivity index (χ2n) is 4.33. The minimum atomic E-state index is -5.84. The van der Waals surface area contributed by atoms with Gasteiger partial charge in [-0.2, -0.15) is 21.6 Å². The molecule has 0 aromatic heterocycles. The molecule has 1 N–H and O–H groups in total. The second kappa shape index (κ2) is 11.0. The topological polar surface area (TPSA) is 54.4 Å². The molecule has 3 nitrogen and oxygen atoms in total. The van der Waals surface area contributed by atoms with Crippen molar-refractivity contribution in [2.24, 2.45) is 0 Å². The molecule has 22 heavy (non-hydrogen) atoms. The molecule has 0 spiro atoms. The van der Waals surface area contributed by atoms with Crippen LogP contribution in [0.5, 0.6) is 0 Å². The Kier molecular flexibility index (Phi) is 13.6. The third kappa shape index (κ3) is 8.84. The Balaban J connectivity index is -0.000000273. The van der Waals surface area contributed by atoms with Crippen LogP contribution in [0.15, 0.2) is 0 Å². The first-order valence-electron chi connectivity index (χ1n) is 5.85. The van der Waals surface area contributed by atoms with E-state index in [-0.39, 0.29) is 20.1 Å². The van der Waals surface area contributed by atoms with Gasteiger partial charge in [-0.15, -0.1) is 0 Å². The summed E-state index contributed by atoms with van der Waals surface area (Å²) in [6.07, 6.45) is 1.50. The fraction of sp³-hybridized carbons (Fsp3) is 0.429. The quantitative estimate of drug-likeness (QED) is 0.386. The Morgan fingerprint density at radius 3 is 1.00 bits per heavy atom. The van der Waals surface area contributed by atoms with Crippen molar-refractivity contribution in [2.45, 2.75) is 40.1 Å². The van der Waals surface area contributed by atoms with E-state index in [2.05, 4.69) is 48.5 Å². The van der Waals surface area contributed by atoms with Crippen molar-refractivity contribution in [3.05, 3.63) is 49.9 Å². The molecule has 0 bridgehead atoms. The van der Waals surface area contributed by atoms with Crippen LogP contribution in [0, 0.1) is 49.9 Å². The van der Waals surface area contributed by atoms with Crippen molar-refractivity contribution in [1.82, 2.24) is 0 Å². The van der Waals surface area contributed by atoms with Crippen molar-refractivity contribution in [1.29, 1.82) is 0 Å². The first-order valence-corrected chi connectivity index (χ1v) is 7.29. The molecule has 0 saturated heterocycles. The van der Waals surface area contributed by atoms with Crippen LogP contribution in [-0.4, -0.2) is 18.5 Å². The predicted molar refractivity (Wildman–Crippen MR) is 77.2 cm³/mol. The minimum Gasteiger partial charge on any atom is -0.279 e. The number of hydrogen-bond acceptors (Lipinski definition) is 2. The Bertz CT molecular complexity index is 340. The van der Waals surface area contributed by atoms with Gasteiger partial charge < -0.3 is 0 Å². The van der Waals surface area contributed by atoms with Crippen molar-refractivity contribution < 1.29 is 46.2 Å². The SMILES string of the molecule is C[C]1[C](C)[C](C)[C](C)[C]1C.O=S(=O)(O)C(F)(F)F.[CH2][CH][CH2].[Ir]. The number of alkyl halides is 3. The first kappa shape index (κ1) is 27.2. The third-order valence-corrected chi connectivity index (χ3v) is 3.69. The van der Waals surface area contributed by atoms with Gasteiger partial charge in [0.1, 0.15) is 0 Å². The van der Waals surface area contributed by atoms with Gasteiger partial charge in [-0.05, 0) is 49.9 Å². The van der Waals surface area contributed by atoms with Crippen molar-refractivity contribution >= 4 is 10.1 Å². The maximum Gasteiger partial charge on any atom is 0.522 e. The van der Waals surface area contributed by atoms with Crippen molar-refractivity contribution in [2.75, 3.05) is 0 Å². The maximum absolute atomic E-state index is 10.7. The van der Waals surface area contributed by atoms with E-state index in [9.17, 15) is 13.2 Å². The van der Waals surface area contributed by atoms with Crippen LogP contribution in [-0.2, 0) is 30.2 Å². The van der Waals surface area contributed by atoms with Gasteiger partial charge in [0, 0.05) is 20.1 Å². The van der Waals surface area contributed by atoms with Crippen LogP contribution >= 0.6 is 0 Å². The summed E-state index contributed by atoms with van der Waals surface area (Å²) in [7, 11) is -5.84. The number of rotatable bonds is 0. The van der Waals surface area contributed by atoms with Crippen molar-refractivity contribution in [3.63, 3.8) is 0 Å². The smallest absolute Gasteiger partial charge is 0.279 e. The number of hydrogen-bond donors (Lipinski definition) is 1.